The van der Waals surface area contributed by atoms with E-state index in [9.17, 15) is 4.79 Å². The molecule has 0 spiro atoms. The Kier molecular flexibility index (Phi) is 4.30. The van der Waals surface area contributed by atoms with Crippen molar-refractivity contribution in [3.8, 4) is 11.5 Å². The third-order valence-electron chi connectivity index (χ3n) is 3.50. The average molecular weight is 333 g/mol. The Hall–Kier alpha value is -2.40. The Morgan fingerprint density at radius 2 is 1.96 bits per heavy atom. The summed E-state index contributed by atoms with van der Waals surface area (Å²) in [5.41, 5.74) is 1.50. The maximum Gasteiger partial charge on any atom is 0.269 e. The lowest BCUT2D eigenvalue weighted by atomic mass is 10.2. The molecule has 5 nitrogen and oxygen atoms in total. The van der Waals surface area contributed by atoms with Crippen molar-refractivity contribution in [1.82, 2.24) is 0 Å². The first-order chi connectivity index (χ1) is 11.0. The first-order valence-corrected chi connectivity index (χ1v) is 7.58. The fourth-order valence-electron chi connectivity index (χ4n) is 2.36. The first kappa shape index (κ1) is 15.5. The summed E-state index contributed by atoms with van der Waals surface area (Å²) < 4.78 is 11.3. The number of nitrogens with zero attached hydrogens (tertiary/aromatic N) is 1. The number of anilines is 2. The molecule has 0 aromatic heterocycles. The van der Waals surface area contributed by atoms with E-state index in [1.807, 2.05) is 43.3 Å². The number of ether oxygens (including phenoxy) is 2. The molecule has 1 N–H and O–H groups in total. The van der Waals surface area contributed by atoms with Crippen LogP contribution in [0, 0.1) is 0 Å². The van der Waals surface area contributed by atoms with Gasteiger partial charge in [-0.2, -0.15) is 0 Å². The minimum atomic E-state index is -0.709. The van der Waals surface area contributed by atoms with E-state index in [0.717, 1.165) is 5.69 Å². The molecule has 2 aromatic rings. The van der Waals surface area contributed by atoms with Crippen LogP contribution in [0.1, 0.15) is 0 Å². The summed E-state index contributed by atoms with van der Waals surface area (Å²) in [6.07, 6.45) is -0.709. The quantitative estimate of drug-likeness (QED) is 0.938. The van der Waals surface area contributed by atoms with Gasteiger partial charge in [0.1, 0.15) is 6.61 Å². The van der Waals surface area contributed by atoms with Crippen molar-refractivity contribution in [3.05, 3.63) is 47.5 Å². The van der Waals surface area contributed by atoms with Crippen LogP contribution < -0.4 is 19.7 Å². The zero-order valence-corrected chi connectivity index (χ0v) is 13.6. The molecule has 6 heteroatoms. The molecule has 1 aliphatic heterocycles. The molecule has 23 heavy (non-hydrogen) atoms. The third kappa shape index (κ3) is 3.35. The molecule has 1 atom stereocenters. The predicted molar refractivity (Wildman–Crippen MR) is 90.8 cm³/mol. The van der Waals surface area contributed by atoms with Crippen LogP contribution >= 0.6 is 11.6 Å². The van der Waals surface area contributed by atoms with Crippen LogP contribution in [0.5, 0.6) is 11.5 Å². The van der Waals surface area contributed by atoms with Crippen molar-refractivity contribution in [2.24, 2.45) is 0 Å². The molecular weight excluding hydrogens is 316 g/mol. The predicted octanol–water partition coefficient (Wildman–Crippen LogP) is 3.18. The number of hydrogen-bond donors (Lipinski definition) is 1. The van der Waals surface area contributed by atoms with Crippen molar-refractivity contribution in [2.45, 2.75) is 6.10 Å². The zero-order valence-electron chi connectivity index (χ0n) is 12.9. The number of nitrogens with one attached hydrogen (secondary N) is 1. The minimum Gasteiger partial charge on any atom is -0.485 e. The lowest BCUT2D eigenvalue weighted by Gasteiger charge is -2.26. The second kappa shape index (κ2) is 6.38. The largest absolute Gasteiger partial charge is 0.485 e. The summed E-state index contributed by atoms with van der Waals surface area (Å²) >= 11 is 6.03. The number of carbonyl (C=O) groups is 1. The summed E-state index contributed by atoms with van der Waals surface area (Å²) in [7, 11) is 3.80. The molecule has 120 valence electrons. The maximum atomic E-state index is 12.5. The number of halogens is 1. The number of hydrogen-bond acceptors (Lipinski definition) is 4. The monoisotopic (exact) mass is 332 g/mol. The number of rotatable bonds is 3. The lowest BCUT2D eigenvalue weighted by Crippen LogP contribution is -2.40. The standard InChI is InChI=1S/C17H17ClN2O3/c1-20(2)13-8-7-11(18)9-12(13)19-17(21)16-10-22-14-5-3-4-6-15(14)23-16/h3-9,16H,10H2,1-2H3,(H,19,21). The number of amides is 1. The molecule has 0 saturated carbocycles. The van der Waals surface area contributed by atoms with Gasteiger partial charge in [0, 0.05) is 19.1 Å². The topological polar surface area (TPSA) is 50.8 Å². The minimum absolute atomic E-state index is 0.167. The van der Waals surface area contributed by atoms with E-state index in [1.165, 1.54) is 0 Å². The van der Waals surface area contributed by atoms with E-state index in [0.29, 0.717) is 22.2 Å². The molecule has 0 radical (unpaired) electrons. The Morgan fingerprint density at radius 1 is 1.22 bits per heavy atom. The van der Waals surface area contributed by atoms with Gasteiger partial charge in [0.15, 0.2) is 11.5 Å². The normalized spacial score (nSPS) is 15.9. The Morgan fingerprint density at radius 3 is 2.70 bits per heavy atom. The second-order valence-electron chi connectivity index (χ2n) is 5.41. The van der Waals surface area contributed by atoms with Crippen LogP contribution in [-0.2, 0) is 4.79 Å². The molecule has 0 bridgehead atoms. The van der Waals surface area contributed by atoms with E-state index in [4.69, 9.17) is 21.1 Å². The summed E-state index contributed by atoms with van der Waals surface area (Å²) in [5, 5.41) is 3.42. The van der Waals surface area contributed by atoms with Crippen LogP contribution in [0.15, 0.2) is 42.5 Å². The second-order valence-corrected chi connectivity index (χ2v) is 5.85. The number of benzene rings is 2. The van der Waals surface area contributed by atoms with Crippen molar-refractivity contribution in [1.29, 1.82) is 0 Å². The van der Waals surface area contributed by atoms with Gasteiger partial charge in [-0.15, -0.1) is 0 Å². The zero-order chi connectivity index (χ0) is 16.4. The van der Waals surface area contributed by atoms with E-state index in [-0.39, 0.29) is 12.5 Å². The van der Waals surface area contributed by atoms with Gasteiger partial charge in [-0.1, -0.05) is 23.7 Å². The SMILES string of the molecule is CN(C)c1ccc(Cl)cc1NC(=O)C1COc2ccccc2O1. The van der Waals surface area contributed by atoms with Gasteiger partial charge in [-0.3, -0.25) is 4.79 Å². The highest BCUT2D eigenvalue weighted by Crippen LogP contribution is 2.32. The molecule has 0 saturated heterocycles. The van der Waals surface area contributed by atoms with E-state index >= 15 is 0 Å². The molecule has 2 aromatic carbocycles. The van der Waals surface area contributed by atoms with Crippen LogP contribution in [-0.4, -0.2) is 32.7 Å². The highest BCUT2D eigenvalue weighted by Gasteiger charge is 2.27. The van der Waals surface area contributed by atoms with Gasteiger partial charge < -0.3 is 19.7 Å². The van der Waals surface area contributed by atoms with Crippen molar-refractivity contribution in [2.75, 3.05) is 30.9 Å². The lowest BCUT2D eigenvalue weighted by molar-refractivity contribution is -0.125. The van der Waals surface area contributed by atoms with Gasteiger partial charge >= 0.3 is 0 Å². The van der Waals surface area contributed by atoms with Gasteiger partial charge in [0.05, 0.1) is 11.4 Å². The Labute approximate surface area is 139 Å². The average Bonchev–Trinajstić information content (AvgIpc) is 2.54. The summed E-state index contributed by atoms with van der Waals surface area (Å²) in [4.78, 5) is 14.4. The van der Waals surface area contributed by atoms with Crippen molar-refractivity contribution in [3.63, 3.8) is 0 Å². The van der Waals surface area contributed by atoms with Crippen LogP contribution in [0.25, 0.3) is 0 Å². The van der Waals surface area contributed by atoms with Gasteiger partial charge in [-0.25, -0.2) is 0 Å². The fraction of sp³-hybridized carbons (Fsp3) is 0.235. The first-order valence-electron chi connectivity index (χ1n) is 7.21. The molecule has 1 aliphatic rings. The van der Waals surface area contributed by atoms with Gasteiger partial charge in [0.2, 0.25) is 6.10 Å². The smallest absolute Gasteiger partial charge is 0.269 e. The van der Waals surface area contributed by atoms with Crippen LogP contribution in [0.2, 0.25) is 5.02 Å². The highest BCUT2D eigenvalue weighted by atomic mass is 35.5. The summed E-state index contributed by atoms with van der Waals surface area (Å²) in [5.74, 6) is 0.941. The molecule has 1 unspecified atom stereocenters. The van der Waals surface area contributed by atoms with E-state index in [2.05, 4.69) is 5.32 Å². The molecule has 0 fully saturated rings. The van der Waals surface area contributed by atoms with E-state index < -0.39 is 6.10 Å². The molecular formula is C17H17ClN2O3. The third-order valence-corrected chi connectivity index (χ3v) is 3.73. The maximum absolute atomic E-state index is 12.5. The Bertz CT molecular complexity index is 734. The summed E-state index contributed by atoms with van der Waals surface area (Å²) in [6, 6.07) is 12.6. The molecule has 1 heterocycles. The molecule has 1 amide bonds. The van der Waals surface area contributed by atoms with Crippen LogP contribution in [0.3, 0.4) is 0 Å². The molecule has 3 rings (SSSR count). The molecule has 0 aliphatic carbocycles. The Balaban J connectivity index is 1.77. The number of fused-ring (bicyclic) bond motifs is 1. The van der Waals surface area contributed by atoms with Crippen molar-refractivity contribution < 1.29 is 14.3 Å². The van der Waals surface area contributed by atoms with Crippen molar-refractivity contribution >= 4 is 28.9 Å². The fourth-order valence-corrected chi connectivity index (χ4v) is 2.53. The number of carbonyl (C=O) groups excluding carboxylic acids is 1. The number of para-hydroxylation sites is 2. The van der Waals surface area contributed by atoms with E-state index in [1.54, 1.807) is 18.2 Å². The highest BCUT2D eigenvalue weighted by molar-refractivity contribution is 6.31. The summed E-state index contributed by atoms with van der Waals surface area (Å²) in [6.45, 7) is 0.167. The van der Waals surface area contributed by atoms with Gasteiger partial charge in [0.25, 0.3) is 5.91 Å². The van der Waals surface area contributed by atoms with Gasteiger partial charge in [-0.05, 0) is 30.3 Å². The van der Waals surface area contributed by atoms with Crippen LogP contribution in [0.4, 0.5) is 11.4 Å².